The van der Waals surface area contributed by atoms with Crippen LogP contribution in [0.15, 0.2) is 48.5 Å². The number of amides is 1. The molecule has 1 saturated heterocycles. The van der Waals surface area contributed by atoms with Gasteiger partial charge in [-0.05, 0) is 50.6 Å². The molecule has 2 aromatic rings. The van der Waals surface area contributed by atoms with Crippen molar-refractivity contribution in [2.75, 3.05) is 18.4 Å². The highest BCUT2D eigenvalue weighted by atomic mass is 16.6. The van der Waals surface area contributed by atoms with Gasteiger partial charge in [-0.25, -0.2) is 0 Å². The second kappa shape index (κ2) is 8.10. The molecular weight excluding hydrogens is 330 g/mol. The third-order valence-electron chi connectivity index (χ3n) is 4.72. The molecule has 1 aliphatic rings. The predicted molar refractivity (Wildman–Crippen MR) is 101 cm³/mol. The topological polar surface area (TPSA) is 75.5 Å². The van der Waals surface area contributed by atoms with E-state index in [0.717, 1.165) is 43.6 Å². The van der Waals surface area contributed by atoms with Gasteiger partial charge in [-0.3, -0.25) is 19.8 Å². The number of nitro groups is 1. The third-order valence-corrected chi connectivity index (χ3v) is 4.72. The van der Waals surface area contributed by atoms with E-state index < -0.39 is 11.0 Å². The fourth-order valence-corrected chi connectivity index (χ4v) is 3.36. The normalized spacial score (nSPS) is 16.0. The molecule has 1 aliphatic heterocycles. The van der Waals surface area contributed by atoms with Crippen LogP contribution in [0, 0.1) is 17.0 Å². The Morgan fingerprint density at radius 2 is 1.81 bits per heavy atom. The van der Waals surface area contributed by atoms with E-state index >= 15 is 0 Å². The molecule has 0 aromatic heterocycles. The quantitative estimate of drug-likeness (QED) is 0.649. The van der Waals surface area contributed by atoms with Gasteiger partial charge in [0.05, 0.1) is 4.92 Å². The summed E-state index contributed by atoms with van der Waals surface area (Å²) in [6.07, 6.45) is 3.21. The van der Waals surface area contributed by atoms with E-state index in [4.69, 9.17) is 0 Å². The molecule has 0 spiro atoms. The first-order valence-corrected chi connectivity index (χ1v) is 8.90. The Kier molecular flexibility index (Phi) is 5.63. The lowest BCUT2D eigenvalue weighted by Gasteiger charge is -2.33. The zero-order chi connectivity index (χ0) is 18.5. The Labute approximate surface area is 153 Å². The van der Waals surface area contributed by atoms with Gasteiger partial charge in [-0.15, -0.1) is 0 Å². The van der Waals surface area contributed by atoms with Crippen LogP contribution >= 0.6 is 0 Å². The molecule has 2 aromatic carbocycles. The number of nitrogens with zero attached hydrogens (tertiary/aromatic N) is 2. The fourth-order valence-electron chi connectivity index (χ4n) is 3.36. The highest BCUT2D eigenvalue weighted by Gasteiger charge is 2.29. The van der Waals surface area contributed by atoms with E-state index in [-0.39, 0.29) is 11.6 Å². The van der Waals surface area contributed by atoms with Crippen LogP contribution in [0.3, 0.4) is 0 Å². The Bertz CT molecular complexity index is 783. The first-order valence-electron chi connectivity index (χ1n) is 8.90. The minimum atomic E-state index is -0.531. The van der Waals surface area contributed by atoms with Gasteiger partial charge in [0.15, 0.2) is 0 Å². The maximum absolute atomic E-state index is 13.1. The molecule has 0 aliphatic carbocycles. The summed E-state index contributed by atoms with van der Waals surface area (Å²) < 4.78 is 0. The first-order chi connectivity index (χ1) is 12.5. The molecule has 3 rings (SSSR count). The number of anilines is 1. The number of benzene rings is 2. The number of hydrogen-bond acceptors (Lipinski definition) is 4. The minimum Gasteiger partial charge on any atom is -0.324 e. The molecule has 1 N–H and O–H groups in total. The van der Waals surface area contributed by atoms with Crippen molar-refractivity contribution < 1.29 is 9.72 Å². The van der Waals surface area contributed by atoms with Crippen molar-refractivity contribution in [1.29, 1.82) is 0 Å². The van der Waals surface area contributed by atoms with Crippen molar-refractivity contribution in [3.63, 3.8) is 0 Å². The smallest absolute Gasteiger partial charge is 0.269 e. The molecule has 1 amide bonds. The Balaban J connectivity index is 1.89. The molecule has 6 nitrogen and oxygen atoms in total. The molecule has 1 unspecified atom stereocenters. The third kappa shape index (κ3) is 4.26. The highest BCUT2D eigenvalue weighted by Crippen LogP contribution is 2.28. The number of aryl methyl sites for hydroxylation is 1. The van der Waals surface area contributed by atoms with Crippen LogP contribution in [0.4, 0.5) is 11.4 Å². The van der Waals surface area contributed by atoms with Gasteiger partial charge in [-0.1, -0.05) is 36.2 Å². The summed E-state index contributed by atoms with van der Waals surface area (Å²) in [4.78, 5) is 25.9. The zero-order valence-corrected chi connectivity index (χ0v) is 14.9. The maximum atomic E-state index is 13.1. The van der Waals surface area contributed by atoms with Gasteiger partial charge in [0.2, 0.25) is 5.91 Å². The zero-order valence-electron chi connectivity index (χ0n) is 14.9. The van der Waals surface area contributed by atoms with Crippen LogP contribution in [0.2, 0.25) is 0 Å². The summed E-state index contributed by atoms with van der Waals surface area (Å²) >= 11 is 0. The van der Waals surface area contributed by atoms with Gasteiger partial charge in [-0.2, -0.15) is 0 Å². The van der Waals surface area contributed by atoms with E-state index in [9.17, 15) is 14.9 Å². The minimum absolute atomic E-state index is 0.00708. The molecule has 6 heteroatoms. The van der Waals surface area contributed by atoms with E-state index in [2.05, 4.69) is 10.2 Å². The van der Waals surface area contributed by atoms with Crippen LogP contribution in [-0.2, 0) is 4.79 Å². The average Bonchev–Trinajstić information content (AvgIpc) is 2.65. The molecule has 1 fully saturated rings. The van der Waals surface area contributed by atoms with Gasteiger partial charge >= 0.3 is 0 Å². The second-order valence-corrected chi connectivity index (χ2v) is 6.71. The molecule has 0 radical (unpaired) electrons. The van der Waals surface area contributed by atoms with Crippen molar-refractivity contribution in [2.24, 2.45) is 0 Å². The van der Waals surface area contributed by atoms with Crippen molar-refractivity contribution in [1.82, 2.24) is 4.90 Å². The van der Waals surface area contributed by atoms with Crippen LogP contribution in [0.25, 0.3) is 0 Å². The molecule has 1 heterocycles. The molecule has 136 valence electrons. The van der Waals surface area contributed by atoms with Gasteiger partial charge in [0.1, 0.15) is 6.04 Å². The SMILES string of the molecule is Cc1ccc(NC(=O)C(c2cccc([N+](=O)[O-])c2)N2CCCCC2)cc1. The van der Waals surface area contributed by atoms with Crippen molar-refractivity contribution >= 4 is 17.3 Å². The standard InChI is InChI=1S/C20H23N3O3/c1-15-8-10-17(11-9-15)21-20(24)19(22-12-3-2-4-13-22)16-6-5-7-18(14-16)23(25)26/h5-11,14,19H,2-4,12-13H2,1H3,(H,21,24). The number of rotatable bonds is 5. The van der Waals surface area contributed by atoms with E-state index in [0.29, 0.717) is 5.56 Å². The lowest BCUT2D eigenvalue weighted by Crippen LogP contribution is -2.40. The first kappa shape index (κ1) is 18.1. The number of non-ortho nitro benzene ring substituents is 1. The van der Waals surface area contributed by atoms with E-state index in [1.165, 1.54) is 12.1 Å². The number of carbonyl (C=O) groups is 1. The van der Waals surface area contributed by atoms with Gasteiger partial charge in [0, 0.05) is 17.8 Å². The molecule has 0 saturated carbocycles. The van der Waals surface area contributed by atoms with Crippen LogP contribution in [0.5, 0.6) is 0 Å². The maximum Gasteiger partial charge on any atom is 0.269 e. The van der Waals surface area contributed by atoms with Crippen molar-refractivity contribution in [3.05, 3.63) is 69.8 Å². The van der Waals surface area contributed by atoms with Crippen molar-refractivity contribution in [3.8, 4) is 0 Å². The Hall–Kier alpha value is -2.73. The van der Waals surface area contributed by atoms with E-state index in [1.54, 1.807) is 12.1 Å². The number of carbonyl (C=O) groups excluding carboxylic acids is 1. The Morgan fingerprint density at radius 3 is 2.46 bits per heavy atom. The monoisotopic (exact) mass is 353 g/mol. The van der Waals surface area contributed by atoms with Crippen molar-refractivity contribution in [2.45, 2.75) is 32.2 Å². The van der Waals surface area contributed by atoms with E-state index in [1.807, 2.05) is 31.2 Å². The molecule has 1 atom stereocenters. The summed E-state index contributed by atoms with van der Waals surface area (Å²) in [5.41, 5.74) is 2.51. The summed E-state index contributed by atoms with van der Waals surface area (Å²) in [6, 6.07) is 13.5. The average molecular weight is 353 g/mol. The number of nitrogens with one attached hydrogen (secondary N) is 1. The lowest BCUT2D eigenvalue weighted by atomic mass is 10.00. The van der Waals surface area contributed by atoms with Gasteiger partial charge < -0.3 is 5.32 Å². The fraction of sp³-hybridized carbons (Fsp3) is 0.350. The van der Waals surface area contributed by atoms with Crippen LogP contribution in [0.1, 0.15) is 36.4 Å². The highest BCUT2D eigenvalue weighted by molar-refractivity contribution is 5.95. The van der Waals surface area contributed by atoms with Crippen LogP contribution < -0.4 is 5.32 Å². The summed E-state index contributed by atoms with van der Waals surface area (Å²) in [7, 11) is 0. The molecule has 0 bridgehead atoms. The number of likely N-dealkylation sites (tertiary alicyclic amines) is 1. The van der Waals surface area contributed by atoms with Gasteiger partial charge in [0.25, 0.3) is 5.69 Å². The number of piperidine rings is 1. The molecule has 26 heavy (non-hydrogen) atoms. The summed E-state index contributed by atoms with van der Waals surface area (Å²) in [5, 5.41) is 14.1. The number of hydrogen-bond donors (Lipinski definition) is 1. The predicted octanol–water partition coefficient (Wildman–Crippen LogP) is 4.07. The lowest BCUT2D eigenvalue weighted by molar-refractivity contribution is -0.384. The Morgan fingerprint density at radius 1 is 1.12 bits per heavy atom. The largest absolute Gasteiger partial charge is 0.324 e. The summed E-state index contributed by atoms with van der Waals surface area (Å²) in [6.45, 7) is 3.62. The van der Waals surface area contributed by atoms with Crippen LogP contribution in [-0.4, -0.2) is 28.8 Å². The number of nitro benzene ring substituents is 1. The second-order valence-electron chi connectivity index (χ2n) is 6.71. The molecular formula is C20H23N3O3. The summed E-state index contributed by atoms with van der Waals surface area (Å²) in [5.74, 6) is -0.156.